The summed E-state index contributed by atoms with van der Waals surface area (Å²) in [4.78, 5) is 24.7. The van der Waals surface area contributed by atoms with Crippen LogP contribution in [0.1, 0.15) is 150 Å². The van der Waals surface area contributed by atoms with Crippen LogP contribution in [0.15, 0.2) is 48.5 Å². The fourth-order valence-electron chi connectivity index (χ4n) is 4.75. The van der Waals surface area contributed by atoms with Gasteiger partial charge in [0.15, 0.2) is 0 Å². The molecule has 0 bridgehead atoms. The van der Waals surface area contributed by atoms with Gasteiger partial charge in [-0.2, -0.15) is 0 Å². The fourth-order valence-corrected chi connectivity index (χ4v) is 4.75. The maximum atomic E-state index is 12.5. The average molecular weight is 551 g/mol. The van der Waals surface area contributed by atoms with Gasteiger partial charge in [-0.1, -0.05) is 129 Å². The van der Waals surface area contributed by atoms with E-state index in [-0.39, 0.29) is 5.97 Å². The van der Waals surface area contributed by atoms with Crippen LogP contribution in [0.4, 0.5) is 0 Å². The molecule has 0 saturated carbocycles. The van der Waals surface area contributed by atoms with Crippen molar-refractivity contribution in [3.8, 4) is 5.75 Å². The summed E-state index contributed by atoms with van der Waals surface area (Å²) < 4.78 is 10.8. The van der Waals surface area contributed by atoms with Gasteiger partial charge in [-0.05, 0) is 60.7 Å². The summed E-state index contributed by atoms with van der Waals surface area (Å²) in [6.45, 7) is 6.80. The molecule has 1 atom stereocenters. The Kier molecular flexibility index (Phi) is 17.8. The number of carbonyl (C=O) groups excluding carboxylic acids is 2. The van der Waals surface area contributed by atoms with E-state index >= 15 is 0 Å². The minimum absolute atomic E-state index is 0.333. The first-order valence-electron chi connectivity index (χ1n) is 16.1. The third kappa shape index (κ3) is 14.7. The molecule has 0 saturated heterocycles. The third-order valence-corrected chi connectivity index (χ3v) is 7.76. The van der Waals surface area contributed by atoms with E-state index in [0.29, 0.717) is 29.4 Å². The molecule has 0 N–H and O–H groups in total. The van der Waals surface area contributed by atoms with Crippen LogP contribution in [0.2, 0.25) is 0 Å². The van der Waals surface area contributed by atoms with Gasteiger partial charge in [-0.25, -0.2) is 9.59 Å². The van der Waals surface area contributed by atoms with Crippen molar-refractivity contribution in [1.29, 1.82) is 0 Å². The van der Waals surface area contributed by atoms with Gasteiger partial charge in [0.2, 0.25) is 0 Å². The quantitative estimate of drug-likeness (QED) is 0.0831. The number of rotatable bonds is 22. The second kappa shape index (κ2) is 21.2. The van der Waals surface area contributed by atoms with E-state index in [9.17, 15) is 9.59 Å². The molecule has 0 radical (unpaired) electrons. The lowest BCUT2D eigenvalue weighted by Crippen LogP contribution is -2.12. The third-order valence-electron chi connectivity index (χ3n) is 7.76. The normalized spacial score (nSPS) is 11.8. The molecule has 0 aliphatic heterocycles. The molecule has 4 nitrogen and oxygen atoms in total. The highest BCUT2D eigenvalue weighted by molar-refractivity contribution is 5.92. The van der Waals surface area contributed by atoms with Crippen molar-refractivity contribution in [1.82, 2.24) is 0 Å². The second-order valence-electron chi connectivity index (χ2n) is 11.4. The predicted molar refractivity (Wildman–Crippen MR) is 166 cm³/mol. The lowest BCUT2D eigenvalue weighted by molar-refractivity contribution is 0.0447. The Balaban J connectivity index is 1.54. The van der Waals surface area contributed by atoms with Crippen molar-refractivity contribution >= 4 is 11.9 Å². The molecule has 1 unspecified atom stereocenters. The van der Waals surface area contributed by atoms with Crippen molar-refractivity contribution in [2.45, 2.75) is 130 Å². The van der Waals surface area contributed by atoms with E-state index in [1.807, 2.05) is 31.2 Å². The summed E-state index contributed by atoms with van der Waals surface area (Å²) in [5.74, 6) is -0.0153. The molecule has 0 amide bonds. The van der Waals surface area contributed by atoms with Gasteiger partial charge in [-0.3, -0.25) is 0 Å². The summed E-state index contributed by atoms with van der Waals surface area (Å²) in [5, 5.41) is 0. The first kappa shape index (κ1) is 33.6. The largest absolute Gasteiger partial charge is 0.462 e. The van der Waals surface area contributed by atoms with Crippen LogP contribution in [0.5, 0.6) is 5.75 Å². The molecule has 2 aromatic carbocycles. The Morgan fingerprint density at radius 2 is 1.05 bits per heavy atom. The van der Waals surface area contributed by atoms with Crippen LogP contribution in [0, 0.1) is 5.92 Å². The number of carbonyl (C=O) groups is 2. The number of hydrogen-bond acceptors (Lipinski definition) is 4. The Hall–Kier alpha value is -2.62. The Labute approximate surface area is 244 Å². The van der Waals surface area contributed by atoms with Crippen molar-refractivity contribution < 1.29 is 19.1 Å². The zero-order valence-corrected chi connectivity index (χ0v) is 25.6. The molecule has 0 heterocycles. The number of ether oxygens (including phenoxy) is 2. The van der Waals surface area contributed by atoms with Gasteiger partial charge in [0.05, 0.1) is 17.7 Å². The fraction of sp³-hybridized carbons (Fsp3) is 0.611. The van der Waals surface area contributed by atoms with Gasteiger partial charge in [0, 0.05) is 0 Å². The van der Waals surface area contributed by atoms with E-state index < -0.39 is 5.97 Å². The summed E-state index contributed by atoms with van der Waals surface area (Å²) in [6, 6.07) is 14.2. The molecule has 0 fully saturated rings. The van der Waals surface area contributed by atoms with E-state index in [0.717, 1.165) is 12.8 Å². The van der Waals surface area contributed by atoms with Crippen LogP contribution in [0.25, 0.3) is 0 Å². The smallest absolute Gasteiger partial charge is 0.343 e. The molecule has 0 aromatic heterocycles. The molecule has 0 aliphatic rings. The van der Waals surface area contributed by atoms with Crippen LogP contribution in [0.3, 0.4) is 0 Å². The molecule has 2 rings (SSSR count). The molecular weight excluding hydrogens is 496 g/mol. The number of esters is 2. The van der Waals surface area contributed by atoms with Crippen molar-refractivity contribution in [3.63, 3.8) is 0 Å². The lowest BCUT2D eigenvalue weighted by atomic mass is 10.0. The number of unbranched alkanes of at least 4 members (excludes halogenated alkanes) is 14. The predicted octanol–water partition coefficient (Wildman–Crippen LogP) is 10.5. The van der Waals surface area contributed by atoms with Crippen LogP contribution in [-0.2, 0) is 11.2 Å². The zero-order chi connectivity index (χ0) is 28.8. The molecule has 0 aliphatic carbocycles. The highest BCUT2D eigenvalue weighted by Gasteiger charge is 2.12. The molecule has 40 heavy (non-hydrogen) atoms. The van der Waals surface area contributed by atoms with Gasteiger partial charge in [0.25, 0.3) is 0 Å². The Bertz CT molecular complexity index is 932. The zero-order valence-electron chi connectivity index (χ0n) is 25.6. The number of hydrogen-bond donors (Lipinski definition) is 0. The van der Waals surface area contributed by atoms with E-state index in [1.165, 1.54) is 102 Å². The lowest BCUT2D eigenvalue weighted by Gasteiger charge is -2.10. The maximum Gasteiger partial charge on any atom is 0.343 e. The highest BCUT2D eigenvalue weighted by atomic mass is 16.5. The molecule has 222 valence electrons. The maximum absolute atomic E-state index is 12.5. The summed E-state index contributed by atoms with van der Waals surface area (Å²) >= 11 is 0. The first-order chi connectivity index (χ1) is 19.5. The highest BCUT2D eigenvalue weighted by Crippen LogP contribution is 2.18. The SMILES string of the molecule is CCCCCCCCCCCCCCCCCc1ccc(C(=O)Oc2ccc(C(=O)OCC(C)CC)cc2)cc1. The van der Waals surface area contributed by atoms with Crippen molar-refractivity contribution in [2.75, 3.05) is 6.61 Å². The Morgan fingerprint density at radius 1 is 0.600 bits per heavy atom. The van der Waals surface area contributed by atoms with Crippen LogP contribution >= 0.6 is 0 Å². The van der Waals surface area contributed by atoms with E-state index in [2.05, 4.69) is 13.8 Å². The second-order valence-corrected chi connectivity index (χ2v) is 11.4. The summed E-state index contributed by atoms with van der Waals surface area (Å²) in [5.41, 5.74) is 2.23. The standard InChI is InChI=1S/C36H54O4/c1-4-6-7-8-9-10-11-12-13-14-15-16-17-18-19-20-31-21-23-33(24-22-31)36(38)40-34-27-25-32(26-28-34)35(37)39-29-30(3)5-2/h21-28,30H,4-20,29H2,1-3H3. The number of aryl methyl sites for hydroxylation is 1. The minimum Gasteiger partial charge on any atom is -0.462 e. The van der Waals surface area contributed by atoms with Gasteiger partial charge < -0.3 is 9.47 Å². The van der Waals surface area contributed by atoms with E-state index in [1.54, 1.807) is 24.3 Å². The van der Waals surface area contributed by atoms with Crippen molar-refractivity contribution in [3.05, 3.63) is 65.2 Å². The van der Waals surface area contributed by atoms with Gasteiger partial charge in [-0.15, -0.1) is 0 Å². The Morgan fingerprint density at radius 3 is 1.55 bits per heavy atom. The van der Waals surface area contributed by atoms with Gasteiger partial charge in [0.1, 0.15) is 5.75 Å². The van der Waals surface area contributed by atoms with Crippen LogP contribution in [-0.4, -0.2) is 18.5 Å². The average Bonchev–Trinajstić information content (AvgIpc) is 2.98. The molecule has 0 spiro atoms. The first-order valence-corrected chi connectivity index (χ1v) is 16.1. The summed E-state index contributed by atoms with van der Waals surface area (Å²) in [7, 11) is 0. The minimum atomic E-state index is -0.398. The van der Waals surface area contributed by atoms with Gasteiger partial charge >= 0.3 is 11.9 Å². The van der Waals surface area contributed by atoms with Crippen molar-refractivity contribution in [2.24, 2.45) is 5.92 Å². The molecular formula is C36H54O4. The van der Waals surface area contributed by atoms with Crippen LogP contribution < -0.4 is 4.74 Å². The monoisotopic (exact) mass is 550 g/mol. The summed E-state index contributed by atoms with van der Waals surface area (Å²) in [6.07, 6.45) is 22.6. The molecule has 4 heteroatoms. The molecule has 2 aromatic rings. The topological polar surface area (TPSA) is 52.6 Å². The number of benzene rings is 2. The van der Waals surface area contributed by atoms with E-state index in [4.69, 9.17) is 9.47 Å².